The van der Waals surface area contributed by atoms with Gasteiger partial charge in [0, 0.05) is 17.0 Å². The van der Waals surface area contributed by atoms with Crippen LogP contribution in [0.1, 0.15) is 10.4 Å². The summed E-state index contributed by atoms with van der Waals surface area (Å²) < 4.78 is 27.6. The van der Waals surface area contributed by atoms with Crippen LogP contribution in [0.15, 0.2) is 41.3 Å². The highest BCUT2D eigenvalue weighted by atomic mass is 35.5. The number of hydrogen-bond acceptors (Lipinski definition) is 4. The molecule has 0 atom stereocenters. The topological polar surface area (TPSA) is 72.2 Å². The monoisotopic (exact) mass is 360 g/mol. The van der Waals surface area contributed by atoms with E-state index in [0.717, 1.165) is 4.88 Å². The van der Waals surface area contributed by atoms with Gasteiger partial charge < -0.3 is 5.73 Å². The molecule has 0 unspecified atom stereocenters. The molecule has 0 aliphatic rings. The summed E-state index contributed by atoms with van der Waals surface area (Å²) in [6.45, 7) is 0.302. The lowest BCUT2D eigenvalue weighted by molar-refractivity contribution is 0.582. The molecule has 4 nitrogen and oxygen atoms in total. The summed E-state index contributed by atoms with van der Waals surface area (Å²) in [5, 5.41) is 0. The molecule has 0 saturated carbocycles. The lowest BCUT2D eigenvalue weighted by Gasteiger charge is -2.07. The Morgan fingerprint density at radius 1 is 1.33 bits per heavy atom. The van der Waals surface area contributed by atoms with Crippen LogP contribution in [0.3, 0.4) is 0 Å². The van der Waals surface area contributed by atoms with Crippen molar-refractivity contribution in [1.29, 1.82) is 0 Å². The van der Waals surface area contributed by atoms with Crippen LogP contribution in [0.25, 0.3) is 0 Å². The fourth-order valence-electron chi connectivity index (χ4n) is 1.69. The number of thiocarbonyl (C=S) groups is 1. The average molecular weight is 361 g/mol. The van der Waals surface area contributed by atoms with Gasteiger partial charge in [0.1, 0.15) is 4.99 Å². The molecule has 1 aromatic carbocycles. The van der Waals surface area contributed by atoms with Crippen LogP contribution in [0.5, 0.6) is 0 Å². The maximum atomic E-state index is 12.2. The van der Waals surface area contributed by atoms with Gasteiger partial charge in [-0.2, -0.15) is 0 Å². The molecular weight excluding hydrogens is 348 g/mol. The number of rotatable bonds is 6. The van der Waals surface area contributed by atoms with Gasteiger partial charge in [0.15, 0.2) is 0 Å². The minimum Gasteiger partial charge on any atom is -0.389 e. The van der Waals surface area contributed by atoms with Crippen LogP contribution in [0.2, 0.25) is 4.34 Å². The molecule has 1 aromatic heterocycles. The standard InChI is InChI=1S/C13H13ClN2O2S3/c14-12-5-4-10(20-12)6-7-16-21(17,18)11-3-1-2-9(8-11)13(15)19/h1-5,8,16H,6-7H2,(H2,15,19). The fraction of sp³-hybridized carbons (Fsp3) is 0.154. The van der Waals surface area contributed by atoms with Crippen molar-refractivity contribution in [1.82, 2.24) is 4.72 Å². The Morgan fingerprint density at radius 3 is 2.71 bits per heavy atom. The predicted octanol–water partition coefficient (Wildman–Crippen LogP) is 2.56. The van der Waals surface area contributed by atoms with Gasteiger partial charge in [-0.15, -0.1) is 11.3 Å². The molecule has 0 radical (unpaired) electrons. The van der Waals surface area contributed by atoms with Crippen molar-refractivity contribution in [2.45, 2.75) is 11.3 Å². The van der Waals surface area contributed by atoms with Gasteiger partial charge in [-0.3, -0.25) is 0 Å². The number of nitrogens with one attached hydrogen (secondary N) is 1. The van der Waals surface area contributed by atoms with Crippen LogP contribution in [-0.2, 0) is 16.4 Å². The molecule has 0 amide bonds. The average Bonchev–Trinajstić information content (AvgIpc) is 2.84. The second kappa shape index (κ2) is 6.85. The maximum Gasteiger partial charge on any atom is 0.240 e. The predicted molar refractivity (Wildman–Crippen MR) is 90.6 cm³/mol. The highest BCUT2D eigenvalue weighted by molar-refractivity contribution is 7.89. The molecule has 8 heteroatoms. The van der Waals surface area contributed by atoms with E-state index in [-0.39, 0.29) is 9.88 Å². The molecule has 0 saturated heterocycles. The first-order valence-corrected chi connectivity index (χ1v) is 9.11. The first-order valence-electron chi connectivity index (χ1n) is 6.02. The minimum atomic E-state index is -3.57. The summed E-state index contributed by atoms with van der Waals surface area (Å²) in [6, 6.07) is 9.94. The van der Waals surface area contributed by atoms with Gasteiger partial charge in [-0.05, 0) is 30.7 Å². The molecule has 3 N–H and O–H groups in total. The number of thiophene rings is 1. The molecule has 0 aliphatic heterocycles. The van der Waals surface area contributed by atoms with Gasteiger partial charge in [0.05, 0.1) is 9.23 Å². The summed E-state index contributed by atoms with van der Waals surface area (Å²) in [4.78, 5) is 1.34. The van der Waals surface area contributed by atoms with Crippen LogP contribution in [-0.4, -0.2) is 20.0 Å². The van der Waals surface area contributed by atoms with Crippen molar-refractivity contribution in [3.63, 3.8) is 0 Å². The van der Waals surface area contributed by atoms with Gasteiger partial charge >= 0.3 is 0 Å². The summed E-state index contributed by atoms with van der Waals surface area (Å²) in [5.74, 6) is 0. The quantitative estimate of drug-likeness (QED) is 0.776. The maximum absolute atomic E-state index is 12.2. The van der Waals surface area contributed by atoms with Gasteiger partial charge in [0.25, 0.3) is 0 Å². The summed E-state index contributed by atoms with van der Waals surface area (Å²) >= 11 is 12.1. The third kappa shape index (κ3) is 4.49. The highest BCUT2D eigenvalue weighted by Crippen LogP contribution is 2.21. The second-order valence-electron chi connectivity index (χ2n) is 4.25. The van der Waals surface area contributed by atoms with Gasteiger partial charge in [-0.25, -0.2) is 13.1 Å². The van der Waals surface area contributed by atoms with E-state index in [4.69, 9.17) is 29.6 Å². The van der Waals surface area contributed by atoms with E-state index in [2.05, 4.69) is 4.72 Å². The summed E-state index contributed by atoms with van der Waals surface area (Å²) in [6.07, 6.45) is 0.589. The van der Waals surface area contributed by atoms with E-state index in [1.54, 1.807) is 18.2 Å². The first-order chi connectivity index (χ1) is 9.88. The Hall–Kier alpha value is -0.990. The van der Waals surface area contributed by atoms with Crippen molar-refractivity contribution < 1.29 is 8.42 Å². The lowest BCUT2D eigenvalue weighted by Crippen LogP contribution is -2.26. The van der Waals surface area contributed by atoms with E-state index < -0.39 is 10.0 Å². The van der Waals surface area contributed by atoms with Crippen LogP contribution < -0.4 is 10.5 Å². The van der Waals surface area contributed by atoms with Crippen LogP contribution in [0, 0.1) is 0 Å². The minimum absolute atomic E-state index is 0.150. The van der Waals surface area contributed by atoms with E-state index in [9.17, 15) is 8.42 Å². The van der Waals surface area contributed by atoms with Crippen molar-refractivity contribution in [2.24, 2.45) is 5.73 Å². The summed E-state index contributed by atoms with van der Waals surface area (Å²) in [5.41, 5.74) is 6.04. The highest BCUT2D eigenvalue weighted by Gasteiger charge is 2.14. The third-order valence-corrected chi connectivity index (χ3v) is 5.71. The van der Waals surface area contributed by atoms with Crippen molar-refractivity contribution >= 4 is 50.2 Å². The number of benzene rings is 1. The number of sulfonamides is 1. The molecular formula is C13H13ClN2O2S3. The number of hydrogen-bond donors (Lipinski definition) is 2. The Labute approximate surface area is 138 Å². The zero-order valence-electron chi connectivity index (χ0n) is 10.9. The van der Waals surface area contributed by atoms with Gasteiger partial charge in [-0.1, -0.05) is 36.0 Å². The van der Waals surface area contributed by atoms with Crippen molar-refractivity contribution in [2.75, 3.05) is 6.54 Å². The van der Waals surface area contributed by atoms with Crippen molar-refractivity contribution in [3.8, 4) is 0 Å². The van der Waals surface area contributed by atoms with Gasteiger partial charge in [0.2, 0.25) is 10.0 Å². The molecule has 112 valence electrons. The lowest BCUT2D eigenvalue weighted by atomic mass is 10.2. The first kappa shape index (κ1) is 16.4. The fourth-order valence-corrected chi connectivity index (χ4v) is 3.99. The molecule has 0 aliphatic carbocycles. The smallest absolute Gasteiger partial charge is 0.240 e. The SMILES string of the molecule is NC(=S)c1cccc(S(=O)(=O)NCCc2ccc(Cl)s2)c1. The molecule has 0 fully saturated rings. The van der Waals surface area contributed by atoms with Crippen LogP contribution in [0.4, 0.5) is 0 Å². The van der Waals surface area contributed by atoms with Crippen molar-refractivity contribution in [3.05, 3.63) is 51.2 Å². The molecule has 0 spiro atoms. The zero-order valence-corrected chi connectivity index (χ0v) is 14.1. The third-order valence-electron chi connectivity index (χ3n) is 2.72. The molecule has 21 heavy (non-hydrogen) atoms. The van der Waals surface area contributed by atoms with E-state index in [1.165, 1.54) is 23.5 Å². The van der Waals surface area contributed by atoms with E-state index >= 15 is 0 Å². The Morgan fingerprint density at radius 2 is 2.10 bits per heavy atom. The largest absolute Gasteiger partial charge is 0.389 e. The number of nitrogens with two attached hydrogens (primary N) is 1. The van der Waals surface area contributed by atoms with E-state index in [1.807, 2.05) is 6.07 Å². The summed E-state index contributed by atoms with van der Waals surface area (Å²) in [7, 11) is -3.57. The Bertz CT molecular complexity index is 756. The molecule has 1 heterocycles. The zero-order chi connectivity index (χ0) is 15.5. The van der Waals surface area contributed by atoms with Crippen LogP contribution >= 0.6 is 35.2 Å². The second-order valence-corrected chi connectivity index (χ2v) is 8.25. The molecule has 2 rings (SSSR count). The molecule has 2 aromatic rings. The number of halogens is 1. The molecule has 0 bridgehead atoms. The Kier molecular flexibility index (Phi) is 5.34. The van der Waals surface area contributed by atoms with E-state index in [0.29, 0.717) is 22.9 Å². The normalized spacial score (nSPS) is 11.5. The Balaban J connectivity index is 2.04.